The molecule has 0 aromatic heterocycles. The van der Waals surface area contributed by atoms with Gasteiger partial charge in [-0.3, -0.25) is 0 Å². The highest BCUT2D eigenvalue weighted by Crippen LogP contribution is 2.27. The van der Waals surface area contributed by atoms with E-state index in [9.17, 15) is 5.11 Å². The monoisotopic (exact) mass is 192 g/mol. The molecule has 0 saturated carbocycles. The highest BCUT2D eigenvalue weighted by atomic mass is 16.3. The van der Waals surface area contributed by atoms with Crippen LogP contribution in [0.5, 0.6) is 0 Å². The summed E-state index contributed by atoms with van der Waals surface area (Å²) in [6.07, 6.45) is 10.7. The summed E-state index contributed by atoms with van der Waals surface area (Å²) in [7, 11) is 0. The van der Waals surface area contributed by atoms with Gasteiger partial charge in [-0.05, 0) is 43.6 Å². The summed E-state index contributed by atoms with van der Waals surface area (Å²) in [5.74, 6) is 0.616. The maximum atomic E-state index is 9.82. The molecule has 1 aliphatic rings. The molecule has 0 heterocycles. The fourth-order valence-corrected chi connectivity index (χ4v) is 1.85. The summed E-state index contributed by atoms with van der Waals surface area (Å²) in [6.45, 7) is 7.46. The SMILES string of the molecule is C=CCCC(O)C1=CCC(C=C)CC1. The Labute approximate surface area is 86.8 Å². The molecule has 0 saturated heterocycles. The predicted octanol–water partition coefficient (Wildman–Crippen LogP) is 3.23. The number of hydrogen-bond donors (Lipinski definition) is 1. The van der Waals surface area contributed by atoms with Gasteiger partial charge in [-0.15, -0.1) is 13.2 Å². The minimum Gasteiger partial charge on any atom is -0.389 e. The molecule has 1 rings (SSSR count). The average molecular weight is 192 g/mol. The van der Waals surface area contributed by atoms with Gasteiger partial charge in [-0.25, -0.2) is 0 Å². The Morgan fingerprint density at radius 2 is 2.36 bits per heavy atom. The van der Waals surface area contributed by atoms with Gasteiger partial charge < -0.3 is 5.11 Å². The standard InChI is InChI=1S/C13H20O/c1-3-5-6-13(14)12-9-7-11(4-2)8-10-12/h3-4,9,11,13-14H,1-2,5-8,10H2. The Hall–Kier alpha value is -0.820. The van der Waals surface area contributed by atoms with Crippen molar-refractivity contribution in [2.45, 2.75) is 38.2 Å². The van der Waals surface area contributed by atoms with Crippen molar-refractivity contribution in [1.29, 1.82) is 0 Å². The van der Waals surface area contributed by atoms with E-state index in [1.165, 1.54) is 5.57 Å². The van der Waals surface area contributed by atoms with Crippen molar-refractivity contribution in [3.05, 3.63) is 37.0 Å². The normalized spacial score (nSPS) is 23.8. The summed E-state index contributed by atoms with van der Waals surface area (Å²) in [5.41, 5.74) is 1.21. The van der Waals surface area contributed by atoms with Crippen molar-refractivity contribution in [2.24, 2.45) is 5.92 Å². The van der Waals surface area contributed by atoms with Crippen LogP contribution in [0.25, 0.3) is 0 Å². The highest BCUT2D eigenvalue weighted by molar-refractivity contribution is 5.13. The van der Waals surface area contributed by atoms with Crippen molar-refractivity contribution < 1.29 is 5.11 Å². The van der Waals surface area contributed by atoms with Gasteiger partial charge in [0.2, 0.25) is 0 Å². The van der Waals surface area contributed by atoms with E-state index in [2.05, 4.69) is 19.2 Å². The lowest BCUT2D eigenvalue weighted by molar-refractivity contribution is 0.193. The zero-order valence-corrected chi connectivity index (χ0v) is 8.78. The second-order valence-electron chi connectivity index (χ2n) is 3.93. The zero-order chi connectivity index (χ0) is 10.4. The lowest BCUT2D eigenvalue weighted by atomic mass is 9.86. The highest BCUT2D eigenvalue weighted by Gasteiger charge is 2.16. The predicted molar refractivity (Wildman–Crippen MR) is 61.1 cm³/mol. The summed E-state index contributed by atoms with van der Waals surface area (Å²) < 4.78 is 0. The first kappa shape index (κ1) is 11.3. The van der Waals surface area contributed by atoms with Crippen LogP contribution >= 0.6 is 0 Å². The van der Waals surface area contributed by atoms with E-state index in [1.54, 1.807) is 0 Å². The maximum Gasteiger partial charge on any atom is 0.0753 e. The van der Waals surface area contributed by atoms with Crippen LogP contribution in [-0.2, 0) is 0 Å². The van der Waals surface area contributed by atoms with Gasteiger partial charge in [-0.2, -0.15) is 0 Å². The van der Waals surface area contributed by atoms with Gasteiger partial charge in [0.05, 0.1) is 6.10 Å². The molecule has 78 valence electrons. The summed E-state index contributed by atoms with van der Waals surface area (Å²) in [6, 6.07) is 0. The second kappa shape index (κ2) is 5.82. The molecule has 14 heavy (non-hydrogen) atoms. The molecule has 0 aromatic carbocycles. The van der Waals surface area contributed by atoms with Gasteiger partial charge in [0.1, 0.15) is 0 Å². The molecule has 1 N–H and O–H groups in total. The largest absolute Gasteiger partial charge is 0.389 e. The number of rotatable bonds is 5. The number of aliphatic hydroxyl groups is 1. The van der Waals surface area contributed by atoms with Crippen LogP contribution in [0.4, 0.5) is 0 Å². The lowest BCUT2D eigenvalue weighted by Crippen LogP contribution is -2.14. The molecule has 0 fully saturated rings. The average Bonchev–Trinajstić information content (AvgIpc) is 2.26. The van der Waals surface area contributed by atoms with E-state index in [0.717, 1.165) is 32.1 Å². The first-order valence-corrected chi connectivity index (χ1v) is 5.38. The van der Waals surface area contributed by atoms with Crippen molar-refractivity contribution in [3.8, 4) is 0 Å². The van der Waals surface area contributed by atoms with Crippen LogP contribution in [0, 0.1) is 5.92 Å². The number of aliphatic hydroxyl groups excluding tert-OH is 1. The molecular weight excluding hydrogens is 172 g/mol. The molecular formula is C13H20O. The van der Waals surface area contributed by atoms with Gasteiger partial charge >= 0.3 is 0 Å². The molecule has 0 aromatic rings. The van der Waals surface area contributed by atoms with Crippen LogP contribution in [0.15, 0.2) is 37.0 Å². The molecule has 0 spiro atoms. The third kappa shape index (κ3) is 3.15. The van der Waals surface area contributed by atoms with Gasteiger partial charge in [0.15, 0.2) is 0 Å². The van der Waals surface area contributed by atoms with Crippen LogP contribution in [0.2, 0.25) is 0 Å². The molecule has 0 radical (unpaired) electrons. The molecule has 1 heteroatoms. The molecule has 1 aliphatic carbocycles. The van der Waals surface area contributed by atoms with Gasteiger partial charge in [0, 0.05) is 0 Å². The summed E-state index contributed by atoms with van der Waals surface area (Å²) in [5, 5.41) is 9.82. The quantitative estimate of drug-likeness (QED) is 0.663. The van der Waals surface area contributed by atoms with E-state index in [4.69, 9.17) is 0 Å². The van der Waals surface area contributed by atoms with Crippen LogP contribution in [-0.4, -0.2) is 11.2 Å². The van der Waals surface area contributed by atoms with E-state index >= 15 is 0 Å². The first-order chi connectivity index (χ1) is 6.77. The van der Waals surface area contributed by atoms with Crippen molar-refractivity contribution in [1.82, 2.24) is 0 Å². The fraction of sp³-hybridized carbons (Fsp3) is 0.538. The number of allylic oxidation sites excluding steroid dienone is 3. The Balaban J connectivity index is 2.41. The summed E-state index contributed by atoms with van der Waals surface area (Å²) >= 11 is 0. The van der Waals surface area contributed by atoms with Crippen LogP contribution in [0.1, 0.15) is 32.1 Å². The molecule has 0 amide bonds. The Morgan fingerprint density at radius 1 is 1.57 bits per heavy atom. The topological polar surface area (TPSA) is 20.2 Å². The van der Waals surface area contributed by atoms with Gasteiger partial charge in [-0.1, -0.05) is 18.2 Å². The molecule has 1 nitrogen and oxygen atoms in total. The summed E-state index contributed by atoms with van der Waals surface area (Å²) in [4.78, 5) is 0. The molecule has 2 atom stereocenters. The Bertz CT molecular complexity index is 227. The van der Waals surface area contributed by atoms with Gasteiger partial charge in [0.25, 0.3) is 0 Å². The maximum absolute atomic E-state index is 9.82. The van der Waals surface area contributed by atoms with Crippen LogP contribution in [0.3, 0.4) is 0 Å². The molecule has 0 bridgehead atoms. The van der Waals surface area contributed by atoms with E-state index in [-0.39, 0.29) is 6.10 Å². The van der Waals surface area contributed by atoms with E-state index < -0.39 is 0 Å². The Kier molecular flexibility index (Phi) is 4.68. The first-order valence-electron chi connectivity index (χ1n) is 5.38. The molecule has 0 aliphatic heterocycles. The van der Waals surface area contributed by atoms with Crippen molar-refractivity contribution in [2.75, 3.05) is 0 Å². The fourth-order valence-electron chi connectivity index (χ4n) is 1.85. The Morgan fingerprint density at radius 3 is 2.86 bits per heavy atom. The van der Waals surface area contributed by atoms with Crippen molar-refractivity contribution in [3.63, 3.8) is 0 Å². The molecule has 2 unspecified atom stereocenters. The number of hydrogen-bond acceptors (Lipinski definition) is 1. The smallest absolute Gasteiger partial charge is 0.0753 e. The minimum absolute atomic E-state index is 0.251. The van der Waals surface area contributed by atoms with E-state index in [0.29, 0.717) is 5.92 Å². The third-order valence-electron chi connectivity index (χ3n) is 2.89. The minimum atomic E-state index is -0.251. The van der Waals surface area contributed by atoms with E-state index in [1.807, 2.05) is 12.2 Å². The lowest BCUT2D eigenvalue weighted by Gasteiger charge is -2.22. The second-order valence-corrected chi connectivity index (χ2v) is 3.93. The van der Waals surface area contributed by atoms with Crippen molar-refractivity contribution >= 4 is 0 Å². The third-order valence-corrected chi connectivity index (χ3v) is 2.89. The zero-order valence-electron chi connectivity index (χ0n) is 8.78. The van der Waals surface area contributed by atoms with Crippen LogP contribution < -0.4 is 0 Å².